The molecule has 1 N–H and O–H groups in total. The summed E-state index contributed by atoms with van der Waals surface area (Å²) in [6.07, 6.45) is 6.33. The average molecular weight is 407 g/mol. The summed E-state index contributed by atoms with van der Waals surface area (Å²) in [4.78, 5) is 25.9. The Morgan fingerprint density at radius 3 is 2.81 bits per heavy atom. The van der Waals surface area contributed by atoms with Crippen LogP contribution in [0.1, 0.15) is 58.2 Å². The van der Waals surface area contributed by atoms with Gasteiger partial charge in [-0.2, -0.15) is 0 Å². The zero-order valence-corrected chi connectivity index (χ0v) is 17.0. The van der Waals surface area contributed by atoms with Crippen molar-refractivity contribution < 1.29 is 14.3 Å². The highest BCUT2D eigenvalue weighted by Crippen LogP contribution is 2.40. The van der Waals surface area contributed by atoms with Crippen molar-refractivity contribution in [3.05, 3.63) is 21.8 Å². The first-order valence-corrected chi connectivity index (χ1v) is 10.9. The van der Waals surface area contributed by atoms with Crippen LogP contribution in [0.2, 0.25) is 0 Å². The third-order valence-electron chi connectivity index (χ3n) is 4.96. The highest BCUT2D eigenvalue weighted by atomic mass is 32.2. The normalized spacial score (nSPS) is 16.1. The number of esters is 1. The van der Waals surface area contributed by atoms with E-state index in [1.54, 1.807) is 0 Å². The van der Waals surface area contributed by atoms with E-state index >= 15 is 0 Å². The summed E-state index contributed by atoms with van der Waals surface area (Å²) in [6.45, 7) is 0. The summed E-state index contributed by atoms with van der Waals surface area (Å²) in [7, 11) is 3.32. The summed E-state index contributed by atoms with van der Waals surface area (Å²) >= 11 is 2.86. The van der Waals surface area contributed by atoms with Crippen molar-refractivity contribution >= 4 is 40.0 Å². The fourth-order valence-electron chi connectivity index (χ4n) is 3.41. The molecule has 0 saturated heterocycles. The molecule has 1 amide bonds. The summed E-state index contributed by atoms with van der Waals surface area (Å²) < 4.78 is 6.92. The predicted molar refractivity (Wildman–Crippen MR) is 105 cm³/mol. The Morgan fingerprint density at radius 1 is 1.30 bits per heavy atom. The first kappa shape index (κ1) is 18.5. The Kier molecular flexibility index (Phi) is 5.23. The van der Waals surface area contributed by atoms with Crippen molar-refractivity contribution in [2.75, 3.05) is 18.2 Å². The molecule has 0 radical (unpaired) electrons. The highest BCUT2D eigenvalue weighted by molar-refractivity contribution is 7.99. The lowest BCUT2D eigenvalue weighted by Gasteiger charge is -2.11. The lowest BCUT2D eigenvalue weighted by Crippen LogP contribution is -2.17. The van der Waals surface area contributed by atoms with Crippen molar-refractivity contribution in [1.29, 1.82) is 0 Å². The number of anilines is 1. The van der Waals surface area contributed by atoms with Gasteiger partial charge < -0.3 is 14.6 Å². The van der Waals surface area contributed by atoms with Crippen LogP contribution in [0, 0.1) is 0 Å². The molecule has 1 fully saturated rings. The molecule has 2 heterocycles. The minimum atomic E-state index is -0.375. The molecule has 1 saturated carbocycles. The van der Waals surface area contributed by atoms with E-state index in [-0.39, 0.29) is 17.6 Å². The zero-order chi connectivity index (χ0) is 19.0. The molecule has 4 rings (SSSR count). The zero-order valence-electron chi connectivity index (χ0n) is 15.4. The number of carbonyl (C=O) groups is 2. The number of hydrogen-bond acceptors (Lipinski definition) is 7. The molecule has 0 bridgehead atoms. The fraction of sp³-hybridized carbons (Fsp3) is 0.556. The maximum atomic E-state index is 12.5. The van der Waals surface area contributed by atoms with E-state index in [4.69, 9.17) is 4.74 Å². The SMILES string of the molecule is COC(=O)c1c(NC(=O)CSc2nnc(C3CC3)n2C)sc2c1CCCC2. The molecule has 0 aliphatic heterocycles. The Labute approximate surface area is 165 Å². The quantitative estimate of drug-likeness (QED) is 0.586. The fourth-order valence-corrected chi connectivity index (χ4v) is 5.43. The van der Waals surface area contributed by atoms with Gasteiger partial charge in [-0.15, -0.1) is 21.5 Å². The number of ether oxygens (including phenoxy) is 1. The van der Waals surface area contributed by atoms with E-state index in [9.17, 15) is 9.59 Å². The Bertz CT molecular complexity index is 886. The number of nitrogens with zero attached hydrogens (tertiary/aromatic N) is 3. The van der Waals surface area contributed by atoms with Crippen LogP contribution in [0.15, 0.2) is 5.16 Å². The second-order valence-corrected chi connectivity index (χ2v) is 8.97. The lowest BCUT2D eigenvalue weighted by molar-refractivity contribution is -0.113. The van der Waals surface area contributed by atoms with Crippen LogP contribution in [-0.4, -0.2) is 39.5 Å². The summed E-state index contributed by atoms with van der Waals surface area (Å²) in [6, 6.07) is 0. The van der Waals surface area contributed by atoms with Gasteiger partial charge in [-0.25, -0.2) is 4.79 Å². The molecule has 0 atom stereocenters. The second-order valence-electron chi connectivity index (χ2n) is 6.92. The van der Waals surface area contributed by atoms with E-state index in [0.717, 1.165) is 55.1 Å². The molecule has 0 spiro atoms. The number of amides is 1. The number of thioether (sulfide) groups is 1. The summed E-state index contributed by atoms with van der Waals surface area (Å²) in [5, 5.41) is 12.7. The van der Waals surface area contributed by atoms with Crippen molar-refractivity contribution in [2.45, 2.75) is 49.6 Å². The number of fused-ring (bicyclic) bond motifs is 1. The predicted octanol–water partition coefficient (Wildman–Crippen LogP) is 3.15. The number of aryl methyl sites for hydroxylation is 1. The number of nitrogens with one attached hydrogen (secondary N) is 1. The van der Waals surface area contributed by atoms with E-state index in [0.29, 0.717) is 16.5 Å². The number of hydrogen-bond donors (Lipinski definition) is 1. The van der Waals surface area contributed by atoms with E-state index in [2.05, 4.69) is 15.5 Å². The van der Waals surface area contributed by atoms with Gasteiger partial charge in [0, 0.05) is 17.8 Å². The molecule has 0 unspecified atom stereocenters. The third kappa shape index (κ3) is 3.75. The molecule has 2 aromatic rings. The smallest absolute Gasteiger partial charge is 0.341 e. The number of thiophene rings is 1. The van der Waals surface area contributed by atoms with E-state index < -0.39 is 0 Å². The molecule has 27 heavy (non-hydrogen) atoms. The van der Waals surface area contributed by atoms with Crippen LogP contribution in [-0.2, 0) is 29.4 Å². The van der Waals surface area contributed by atoms with Crippen LogP contribution < -0.4 is 5.32 Å². The van der Waals surface area contributed by atoms with Gasteiger partial charge in [0.15, 0.2) is 5.16 Å². The van der Waals surface area contributed by atoms with Crippen LogP contribution >= 0.6 is 23.1 Å². The topological polar surface area (TPSA) is 86.1 Å². The van der Waals surface area contributed by atoms with E-state index in [1.807, 2.05) is 11.6 Å². The molecular weight excluding hydrogens is 384 g/mol. The van der Waals surface area contributed by atoms with Gasteiger partial charge in [-0.05, 0) is 44.1 Å². The highest BCUT2D eigenvalue weighted by Gasteiger charge is 2.30. The van der Waals surface area contributed by atoms with Crippen molar-refractivity contribution in [1.82, 2.24) is 14.8 Å². The number of carbonyl (C=O) groups excluding carboxylic acids is 2. The Balaban J connectivity index is 1.45. The molecule has 0 aromatic carbocycles. The standard InChI is InChI=1S/C18H22N4O3S2/c1-22-15(10-7-8-10)20-21-18(22)26-9-13(23)19-16-14(17(24)25-2)11-5-3-4-6-12(11)27-16/h10H,3-9H2,1-2H3,(H,19,23). The minimum absolute atomic E-state index is 0.153. The summed E-state index contributed by atoms with van der Waals surface area (Å²) in [5.74, 6) is 1.21. The maximum Gasteiger partial charge on any atom is 0.341 e. The Morgan fingerprint density at radius 2 is 2.07 bits per heavy atom. The van der Waals surface area contributed by atoms with Gasteiger partial charge in [0.1, 0.15) is 10.8 Å². The van der Waals surface area contributed by atoms with Crippen LogP contribution in [0.3, 0.4) is 0 Å². The first-order chi connectivity index (χ1) is 13.1. The van der Waals surface area contributed by atoms with Crippen molar-refractivity contribution in [2.24, 2.45) is 7.05 Å². The third-order valence-corrected chi connectivity index (χ3v) is 7.18. The molecule has 9 heteroatoms. The molecule has 7 nitrogen and oxygen atoms in total. The lowest BCUT2D eigenvalue weighted by atomic mass is 9.95. The largest absolute Gasteiger partial charge is 0.465 e. The molecule has 144 valence electrons. The second kappa shape index (κ2) is 7.63. The van der Waals surface area contributed by atoms with Gasteiger partial charge in [-0.1, -0.05) is 11.8 Å². The van der Waals surface area contributed by atoms with Gasteiger partial charge >= 0.3 is 5.97 Å². The van der Waals surface area contributed by atoms with E-state index in [1.165, 1.54) is 35.1 Å². The van der Waals surface area contributed by atoms with Crippen molar-refractivity contribution in [3.8, 4) is 0 Å². The Hall–Kier alpha value is -1.87. The van der Waals surface area contributed by atoms with Crippen LogP contribution in [0.25, 0.3) is 0 Å². The van der Waals surface area contributed by atoms with Gasteiger partial charge in [0.2, 0.25) is 5.91 Å². The number of aromatic nitrogens is 3. The molecule has 2 aromatic heterocycles. The minimum Gasteiger partial charge on any atom is -0.465 e. The molecular formula is C18H22N4O3S2. The number of methoxy groups -OCH3 is 1. The molecule has 2 aliphatic carbocycles. The molecule has 2 aliphatic rings. The van der Waals surface area contributed by atoms with Crippen LogP contribution in [0.5, 0.6) is 0 Å². The first-order valence-electron chi connectivity index (χ1n) is 9.13. The van der Waals surface area contributed by atoms with Gasteiger partial charge in [0.05, 0.1) is 18.4 Å². The van der Waals surface area contributed by atoms with Gasteiger partial charge in [0.25, 0.3) is 0 Å². The average Bonchev–Trinajstić information content (AvgIpc) is 3.35. The monoisotopic (exact) mass is 406 g/mol. The number of rotatable bonds is 6. The van der Waals surface area contributed by atoms with Crippen LogP contribution in [0.4, 0.5) is 5.00 Å². The van der Waals surface area contributed by atoms with Crippen molar-refractivity contribution in [3.63, 3.8) is 0 Å². The maximum absolute atomic E-state index is 12.5. The van der Waals surface area contributed by atoms with Gasteiger partial charge in [-0.3, -0.25) is 4.79 Å². The summed E-state index contributed by atoms with van der Waals surface area (Å²) in [5.41, 5.74) is 1.58.